The van der Waals surface area contributed by atoms with E-state index in [1.54, 1.807) is 6.20 Å². The number of H-pyrrole nitrogens is 1. The van der Waals surface area contributed by atoms with Crippen molar-refractivity contribution in [1.82, 2.24) is 10.2 Å². The van der Waals surface area contributed by atoms with Gasteiger partial charge in [-0.2, -0.15) is 5.10 Å². The highest BCUT2D eigenvalue weighted by molar-refractivity contribution is 9.10. The summed E-state index contributed by atoms with van der Waals surface area (Å²) in [6, 6.07) is 3.87. The summed E-state index contributed by atoms with van der Waals surface area (Å²) in [5, 5.41) is 6.66. The second kappa shape index (κ2) is 4.53. The van der Waals surface area contributed by atoms with Gasteiger partial charge in [-0.1, -0.05) is 0 Å². The number of rotatable bonds is 1. The average molecular weight is 310 g/mol. The minimum atomic E-state index is 0.521. The van der Waals surface area contributed by atoms with E-state index < -0.39 is 0 Å². The molecule has 0 fully saturated rings. The minimum Gasteiger partial charge on any atom is -0.489 e. The molecule has 5 nitrogen and oxygen atoms in total. The monoisotopic (exact) mass is 309 g/mol. The molecule has 2 aromatic rings. The highest BCUT2D eigenvalue weighted by Crippen LogP contribution is 2.45. The zero-order chi connectivity index (χ0) is 12.5. The molecule has 1 aliphatic rings. The van der Waals surface area contributed by atoms with E-state index in [0.717, 1.165) is 33.5 Å². The molecule has 0 amide bonds. The van der Waals surface area contributed by atoms with Crippen molar-refractivity contribution < 1.29 is 9.47 Å². The lowest BCUT2D eigenvalue weighted by molar-refractivity contribution is 0.296. The zero-order valence-corrected chi connectivity index (χ0v) is 11.2. The first-order valence-corrected chi connectivity index (χ1v) is 6.44. The van der Waals surface area contributed by atoms with Crippen LogP contribution in [0.4, 0.5) is 5.82 Å². The number of nitrogen functional groups attached to an aromatic ring is 1. The van der Waals surface area contributed by atoms with Crippen LogP contribution in [-0.4, -0.2) is 23.4 Å². The fourth-order valence-corrected chi connectivity index (χ4v) is 2.37. The predicted octanol–water partition coefficient (Wildman–Crippen LogP) is 2.58. The van der Waals surface area contributed by atoms with Gasteiger partial charge in [0.1, 0.15) is 5.82 Å². The molecular formula is C12H12BrN3O2. The van der Waals surface area contributed by atoms with Crippen molar-refractivity contribution in [2.75, 3.05) is 18.9 Å². The third-order valence-corrected chi connectivity index (χ3v) is 3.43. The van der Waals surface area contributed by atoms with Crippen molar-refractivity contribution in [3.63, 3.8) is 0 Å². The van der Waals surface area contributed by atoms with E-state index in [1.807, 2.05) is 12.1 Å². The van der Waals surface area contributed by atoms with E-state index in [-0.39, 0.29) is 0 Å². The first kappa shape index (κ1) is 11.4. The number of ether oxygens (including phenoxy) is 2. The maximum absolute atomic E-state index is 5.86. The number of benzene rings is 1. The van der Waals surface area contributed by atoms with Crippen LogP contribution in [0.25, 0.3) is 11.1 Å². The molecule has 0 atom stereocenters. The number of fused-ring (bicyclic) bond motifs is 1. The van der Waals surface area contributed by atoms with Crippen LogP contribution in [0.15, 0.2) is 22.8 Å². The molecule has 0 saturated carbocycles. The number of anilines is 1. The third kappa shape index (κ3) is 1.82. The molecule has 94 valence electrons. The Morgan fingerprint density at radius 1 is 1.17 bits per heavy atom. The molecule has 0 radical (unpaired) electrons. The number of aromatic nitrogens is 2. The Labute approximate surface area is 112 Å². The first-order chi connectivity index (χ1) is 8.77. The van der Waals surface area contributed by atoms with Gasteiger partial charge < -0.3 is 15.2 Å². The molecule has 0 saturated heterocycles. The number of aromatic amines is 1. The van der Waals surface area contributed by atoms with Crippen LogP contribution in [0.2, 0.25) is 0 Å². The molecule has 1 aromatic carbocycles. The topological polar surface area (TPSA) is 73.2 Å². The summed E-state index contributed by atoms with van der Waals surface area (Å²) in [4.78, 5) is 0. The molecule has 1 aliphatic heterocycles. The van der Waals surface area contributed by atoms with Crippen LogP contribution < -0.4 is 15.2 Å². The van der Waals surface area contributed by atoms with E-state index in [0.29, 0.717) is 19.0 Å². The molecule has 0 spiro atoms. The Morgan fingerprint density at radius 2 is 1.94 bits per heavy atom. The third-order valence-electron chi connectivity index (χ3n) is 2.80. The van der Waals surface area contributed by atoms with E-state index in [4.69, 9.17) is 15.2 Å². The summed E-state index contributed by atoms with van der Waals surface area (Å²) in [6.07, 6.45) is 2.55. The minimum absolute atomic E-state index is 0.521. The molecule has 0 aliphatic carbocycles. The van der Waals surface area contributed by atoms with Gasteiger partial charge in [-0.15, -0.1) is 0 Å². The molecule has 18 heavy (non-hydrogen) atoms. The van der Waals surface area contributed by atoms with Crippen LogP contribution in [-0.2, 0) is 0 Å². The molecule has 2 heterocycles. The quantitative estimate of drug-likeness (QED) is 0.849. The SMILES string of the molecule is Nc1[nH]ncc1-c1ccc(Br)c2c1OCCCO2. The molecular weight excluding hydrogens is 298 g/mol. The maximum Gasteiger partial charge on any atom is 0.175 e. The van der Waals surface area contributed by atoms with Gasteiger partial charge in [-0.25, -0.2) is 0 Å². The highest BCUT2D eigenvalue weighted by atomic mass is 79.9. The average Bonchev–Trinajstić information content (AvgIpc) is 2.65. The van der Waals surface area contributed by atoms with E-state index >= 15 is 0 Å². The van der Waals surface area contributed by atoms with Gasteiger partial charge in [0.2, 0.25) is 0 Å². The zero-order valence-electron chi connectivity index (χ0n) is 9.57. The molecule has 1 aromatic heterocycles. The standard InChI is InChI=1S/C12H12BrN3O2/c13-9-3-2-7(8-6-15-16-12(8)14)10-11(9)18-5-1-4-17-10/h2-3,6H,1,4-5H2,(H3,14,15,16). The molecule has 3 N–H and O–H groups in total. The van der Waals surface area contributed by atoms with E-state index in [1.165, 1.54) is 0 Å². The maximum atomic E-state index is 5.86. The van der Waals surface area contributed by atoms with Gasteiger partial charge in [0.05, 0.1) is 23.9 Å². The van der Waals surface area contributed by atoms with Gasteiger partial charge in [-0.05, 0) is 28.1 Å². The van der Waals surface area contributed by atoms with Crippen molar-refractivity contribution in [2.45, 2.75) is 6.42 Å². The van der Waals surface area contributed by atoms with Crippen molar-refractivity contribution >= 4 is 21.7 Å². The lowest BCUT2D eigenvalue weighted by Gasteiger charge is -2.13. The summed E-state index contributed by atoms with van der Waals surface area (Å²) < 4.78 is 12.4. The largest absolute Gasteiger partial charge is 0.489 e. The lowest BCUT2D eigenvalue weighted by atomic mass is 10.1. The Bertz CT molecular complexity index is 583. The number of nitrogens with one attached hydrogen (secondary N) is 1. The van der Waals surface area contributed by atoms with Crippen molar-refractivity contribution in [1.29, 1.82) is 0 Å². The number of halogens is 1. The number of nitrogens with two attached hydrogens (primary N) is 1. The smallest absolute Gasteiger partial charge is 0.175 e. The Balaban J connectivity index is 2.19. The van der Waals surface area contributed by atoms with Gasteiger partial charge >= 0.3 is 0 Å². The fourth-order valence-electron chi connectivity index (χ4n) is 1.95. The van der Waals surface area contributed by atoms with Gasteiger partial charge in [-0.3, -0.25) is 5.10 Å². The van der Waals surface area contributed by atoms with Crippen LogP contribution in [0, 0.1) is 0 Å². The van der Waals surface area contributed by atoms with Crippen LogP contribution in [0.1, 0.15) is 6.42 Å². The Kier molecular flexibility index (Phi) is 2.87. The Morgan fingerprint density at radius 3 is 2.67 bits per heavy atom. The number of hydrogen-bond acceptors (Lipinski definition) is 4. The van der Waals surface area contributed by atoms with Gasteiger partial charge in [0.15, 0.2) is 11.5 Å². The second-order valence-corrected chi connectivity index (χ2v) is 4.86. The molecule has 3 rings (SSSR count). The lowest BCUT2D eigenvalue weighted by Crippen LogP contribution is -1.98. The van der Waals surface area contributed by atoms with Crippen molar-refractivity contribution in [3.05, 3.63) is 22.8 Å². The summed E-state index contributed by atoms with van der Waals surface area (Å²) >= 11 is 3.47. The number of nitrogens with zero attached hydrogens (tertiary/aromatic N) is 1. The summed E-state index contributed by atoms with van der Waals surface area (Å²) in [6.45, 7) is 1.28. The van der Waals surface area contributed by atoms with E-state index in [2.05, 4.69) is 26.1 Å². The van der Waals surface area contributed by atoms with Crippen molar-refractivity contribution in [3.8, 4) is 22.6 Å². The van der Waals surface area contributed by atoms with Crippen LogP contribution in [0.3, 0.4) is 0 Å². The normalized spacial score (nSPS) is 14.3. The van der Waals surface area contributed by atoms with Crippen LogP contribution >= 0.6 is 15.9 Å². The Hall–Kier alpha value is -1.69. The van der Waals surface area contributed by atoms with E-state index in [9.17, 15) is 0 Å². The summed E-state index contributed by atoms with van der Waals surface area (Å²) in [5.74, 6) is 1.97. The number of hydrogen-bond donors (Lipinski definition) is 2. The molecule has 0 unspecified atom stereocenters. The summed E-state index contributed by atoms with van der Waals surface area (Å²) in [5.41, 5.74) is 7.57. The van der Waals surface area contributed by atoms with Crippen molar-refractivity contribution in [2.24, 2.45) is 0 Å². The molecule has 0 bridgehead atoms. The fraction of sp³-hybridized carbons (Fsp3) is 0.250. The summed E-state index contributed by atoms with van der Waals surface area (Å²) in [7, 11) is 0. The highest BCUT2D eigenvalue weighted by Gasteiger charge is 2.20. The molecule has 6 heteroatoms. The van der Waals surface area contributed by atoms with Gasteiger partial charge in [0, 0.05) is 17.5 Å². The second-order valence-electron chi connectivity index (χ2n) is 4.00. The predicted molar refractivity (Wildman–Crippen MR) is 71.7 cm³/mol. The first-order valence-electron chi connectivity index (χ1n) is 5.64. The van der Waals surface area contributed by atoms with Gasteiger partial charge in [0.25, 0.3) is 0 Å². The van der Waals surface area contributed by atoms with Crippen LogP contribution in [0.5, 0.6) is 11.5 Å².